The molecule has 7 nitrogen and oxygen atoms in total. The van der Waals surface area contributed by atoms with Crippen molar-refractivity contribution in [2.24, 2.45) is 0 Å². The second-order valence-electron chi connectivity index (χ2n) is 9.19. The summed E-state index contributed by atoms with van der Waals surface area (Å²) in [5.74, 6) is 0.144. The van der Waals surface area contributed by atoms with E-state index in [2.05, 4.69) is 16.7 Å². The number of ether oxygens (including phenoxy) is 1. The van der Waals surface area contributed by atoms with E-state index < -0.39 is 6.04 Å². The highest BCUT2D eigenvalue weighted by atomic mass is 16.5. The molecule has 2 aromatic rings. The van der Waals surface area contributed by atoms with Crippen LogP contribution < -0.4 is 15.4 Å². The smallest absolute Gasteiger partial charge is 0.255 e. The normalized spacial score (nSPS) is 25.0. The van der Waals surface area contributed by atoms with Crippen molar-refractivity contribution < 1.29 is 19.1 Å². The molecule has 3 amide bonds. The maximum absolute atomic E-state index is 12.9. The van der Waals surface area contributed by atoms with Gasteiger partial charge in [-0.15, -0.1) is 0 Å². The van der Waals surface area contributed by atoms with E-state index >= 15 is 0 Å². The third-order valence-corrected chi connectivity index (χ3v) is 6.85. The molecule has 2 fully saturated rings. The van der Waals surface area contributed by atoms with Gasteiger partial charge in [-0.2, -0.15) is 0 Å². The molecule has 5 rings (SSSR count). The minimum atomic E-state index is -0.576. The van der Waals surface area contributed by atoms with Gasteiger partial charge < -0.3 is 15.0 Å². The first-order valence-corrected chi connectivity index (χ1v) is 11.8. The van der Waals surface area contributed by atoms with Crippen molar-refractivity contribution in [1.29, 1.82) is 0 Å². The van der Waals surface area contributed by atoms with Crippen LogP contribution in [0.15, 0.2) is 48.5 Å². The van der Waals surface area contributed by atoms with Crippen LogP contribution in [0, 0.1) is 0 Å². The standard InChI is InChI=1S/C26H29N3O4/c30-24-12-11-23(25(31)28-24)29-16-18-13-17(9-10-22(18)26(29)32)15-27-19-5-4-8-21(14-19)33-20-6-2-1-3-7-20/h1-3,6-7,9-10,13,19,21,23,27H,4-5,8,11-12,14-16H2,(H,28,30,31)/t19-,21+,23?/m0/s1. The fourth-order valence-electron chi connectivity index (χ4n) is 5.13. The third-order valence-electron chi connectivity index (χ3n) is 6.85. The molecule has 7 heteroatoms. The van der Waals surface area contributed by atoms with Crippen molar-refractivity contribution in [3.05, 3.63) is 65.2 Å². The third kappa shape index (κ3) is 4.78. The van der Waals surface area contributed by atoms with Crippen LogP contribution in [0.4, 0.5) is 0 Å². The second kappa shape index (κ2) is 9.35. The minimum Gasteiger partial charge on any atom is -0.490 e. The number of amides is 3. The van der Waals surface area contributed by atoms with Crippen LogP contribution >= 0.6 is 0 Å². The molecule has 3 aliphatic rings. The number of imide groups is 1. The van der Waals surface area contributed by atoms with Gasteiger partial charge in [0.1, 0.15) is 17.9 Å². The number of hydrogen-bond acceptors (Lipinski definition) is 5. The zero-order chi connectivity index (χ0) is 22.8. The number of para-hydroxylation sites is 1. The van der Waals surface area contributed by atoms with E-state index in [0.717, 1.165) is 49.1 Å². The predicted molar refractivity (Wildman–Crippen MR) is 122 cm³/mol. The monoisotopic (exact) mass is 447 g/mol. The number of hydrogen-bond donors (Lipinski definition) is 2. The van der Waals surface area contributed by atoms with Gasteiger partial charge in [-0.05, 0) is 61.4 Å². The number of nitrogens with zero attached hydrogens (tertiary/aromatic N) is 1. The lowest BCUT2D eigenvalue weighted by Crippen LogP contribution is -2.52. The summed E-state index contributed by atoms with van der Waals surface area (Å²) in [5, 5.41) is 6.01. The zero-order valence-corrected chi connectivity index (χ0v) is 18.6. The van der Waals surface area contributed by atoms with Crippen LogP contribution in [-0.4, -0.2) is 40.8 Å². The van der Waals surface area contributed by atoms with Crippen molar-refractivity contribution >= 4 is 17.7 Å². The molecule has 3 atom stereocenters. The summed E-state index contributed by atoms with van der Waals surface area (Å²) in [6.45, 7) is 1.13. The van der Waals surface area contributed by atoms with Gasteiger partial charge in [-0.3, -0.25) is 19.7 Å². The van der Waals surface area contributed by atoms with Gasteiger partial charge >= 0.3 is 0 Å². The molecule has 2 heterocycles. The Hall–Kier alpha value is -3.19. The highest BCUT2D eigenvalue weighted by Crippen LogP contribution is 2.29. The van der Waals surface area contributed by atoms with Crippen molar-refractivity contribution in [3.63, 3.8) is 0 Å². The quantitative estimate of drug-likeness (QED) is 0.665. The first-order valence-electron chi connectivity index (χ1n) is 11.8. The number of fused-ring (bicyclic) bond motifs is 1. The van der Waals surface area contributed by atoms with Crippen molar-refractivity contribution in [1.82, 2.24) is 15.5 Å². The molecule has 0 spiro atoms. The summed E-state index contributed by atoms with van der Waals surface area (Å²) in [4.78, 5) is 38.1. The fraction of sp³-hybridized carbons (Fsp3) is 0.423. The first kappa shape index (κ1) is 21.6. The van der Waals surface area contributed by atoms with Gasteiger partial charge in [0.15, 0.2) is 0 Å². The topological polar surface area (TPSA) is 87.7 Å². The number of piperidine rings is 1. The average Bonchev–Trinajstić information content (AvgIpc) is 3.14. The Morgan fingerprint density at radius 3 is 2.70 bits per heavy atom. The van der Waals surface area contributed by atoms with Gasteiger partial charge in [0.05, 0.1) is 0 Å². The lowest BCUT2D eigenvalue weighted by atomic mass is 9.92. The van der Waals surface area contributed by atoms with Crippen LogP contribution in [0.1, 0.15) is 60.0 Å². The van der Waals surface area contributed by atoms with Crippen molar-refractivity contribution in [2.45, 2.75) is 69.8 Å². The summed E-state index contributed by atoms with van der Waals surface area (Å²) in [7, 11) is 0. The van der Waals surface area contributed by atoms with Crippen molar-refractivity contribution in [3.8, 4) is 5.75 Å². The molecule has 2 N–H and O–H groups in total. The Kier molecular flexibility index (Phi) is 6.13. The Labute approximate surface area is 193 Å². The fourth-order valence-corrected chi connectivity index (χ4v) is 5.13. The second-order valence-corrected chi connectivity index (χ2v) is 9.19. The van der Waals surface area contributed by atoms with Crippen LogP contribution in [-0.2, 0) is 22.7 Å². The highest BCUT2D eigenvalue weighted by molar-refractivity contribution is 6.05. The molecule has 0 radical (unpaired) electrons. The molecule has 2 aromatic carbocycles. The van der Waals surface area contributed by atoms with Crippen LogP contribution in [0.3, 0.4) is 0 Å². The Morgan fingerprint density at radius 2 is 1.88 bits per heavy atom. The van der Waals surface area contributed by atoms with Crippen LogP contribution in [0.5, 0.6) is 5.75 Å². The van der Waals surface area contributed by atoms with E-state index in [0.29, 0.717) is 24.6 Å². The Balaban J connectivity index is 1.18. The largest absolute Gasteiger partial charge is 0.490 e. The molecule has 172 valence electrons. The molecular weight excluding hydrogens is 418 g/mol. The Morgan fingerprint density at radius 1 is 1.03 bits per heavy atom. The molecule has 1 saturated heterocycles. The number of rotatable bonds is 6. The maximum atomic E-state index is 12.9. The highest BCUT2D eigenvalue weighted by Gasteiger charge is 2.39. The van der Waals surface area contributed by atoms with E-state index in [9.17, 15) is 14.4 Å². The van der Waals surface area contributed by atoms with Crippen LogP contribution in [0.25, 0.3) is 0 Å². The van der Waals surface area contributed by atoms with Gasteiger partial charge in [-0.25, -0.2) is 0 Å². The molecule has 33 heavy (non-hydrogen) atoms. The Bertz CT molecular complexity index is 1050. The number of nitrogens with one attached hydrogen (secondary N) is 2. The number of benzene rings is 2. The van der Waals surface area contributed by atoms with Gasteiger partial charge in [0.25, 0.3) is 5.91 Å². The molecule has 0 bridgehead atoms. The first-order chi connectivity index (χ1) is 16.1. The van der Waals surface area contributed by atoms with Gasteiger partial charge in [-0.1, -0.05) is 30.3 Å². The molecular formula is C26H29N3O4. The summed E-state index contributed by atoms with van der Waals surface area (Å²) in [5.41, 5.74) is 2.72. The van der Waals surface area contributed by atoms with E-state index in [1.54, 1.807) is 4.90 Å². The maximum Gasteiger partial charge on any atom is 0.255 e. The van der Waals surface area contributed by atoms with Gasteiger partial charge in [0, 0.05) is 31.1 Å². The average molecular weight is 448 g/mol. The molecule has 1 saturated carbocycles. The summed E-state index contributed by atoms with van der Waals surface area (Å²) in [6, 6.07) is 15.7. The summed E-state index contributed by atoms with van der Waals surface area (Å²) >= 11 is 0. The van der Waals surface area contributed by atoms with Crippen molar-refractivity contribution in [2.75, 3.05) is 0 Å². The lowest BCUT2D eigenvalue weighted by Gasteiger charge is -2.30. The molecule has 0 aromatic heterocycles. The summed E-state index contributed by atoms with van der Waals surface area (Å²) in [6.07, 6.45) is 5.18. The number of carbonyl (C=O) groups excluding carboxylic acids is 3. The van der Waals surface area contributed by atoms with E-state index in [-0.39, 0.29) is 30.2 Å². The molecule has 1 aliphatic carbocycles. The number of carbonyl (C=O) groups is 3. The van der Waals surface area contributed by atoms with Gasteiger partial charge in [0.2, 0.25) is 11.8 Å². The lowest BCUT2D eigenvalue weighted by molar-refractivity contribution is -0.136. The minimum absolute atomic E-state index is 0.132. The molecule has 2 aliphatic heterocycles. The SMILES string of the molecule is O=C1CCC(N2Cc3cc(CN[C@H]4CCC[C@@H](Oc5ccccc5)C4)ccc3C2=O)C(=O)N1. The predicted octanol–water partition coefficient (Wildman–Crippen LogP) is 2.93. The summed E-state index contributed by atoms with van der Waals surface area (Å²) < 4.78 is 6.16. The van der Waals surface area contributed by atoms with E-state index in [4.69, 9.17) is 4.74 Å². The molecule has 1 unspecified atom stereocenters. The van der Waals surface area contributed by atoms with Crippen LogP contribution in [0.2, 0.25) is 0 Å². The van der Waals surface area contributed by atoms with E-state index in [1.165, 1.54) is 0 Å². The zero-order valence-electron chi connectivity index (χ0n) is 18.6. The van der Waals surface area contributed by atoms with E-state index in [1.807, 2.05) is 42.5 Å².